The van der Waals surface area contributed by atoms with E-state index in [0.29, 0.717) is 12.3 Å². The van der Waals surface area contributed by atoms with Crippen molar-refractivity contribution in [2.75, 3.05) is 12.3 Å². The third-order valence-corrected chi connectivity index (χ3v) is 2.24. The average molecular weight is 258 g/mol. The summed E-state index contributed by atoms with van der Waals surface area (Å²) >= 11 is 3.32. The first-order chi connectivity index (χ1) is 6.63. The molecule has 0 heterocycles. The second kappa shape index (κ2) is 5.00. The molecule has 0 aliphatic heterocycles. The van der Waals surface area contributed by atoms with Gasteiger partial charge in [-0.1, -0.05) is 15.9 Å². The van der Waals surface area contributed by atoms with Gasteiger partial charge in [0.15, 0.2) is 0 Å². The number of rotatable bonds is 3. The maximum absolute atomic E-state index is 11.2. The lowest BCUT2D eigenvalue weighted by molar-refractivity contribution is -0.142. The van der Waals surface area contributed by atoms with Gasteiger partial charge in [-0.25, -0.2) is 0 Å². The molecule has 0 unspecified atom stereocenters. The summed E-state index contributed by atoms with van der Waals surface area (Å²) < 4.78 is 5.74. The zero-order valence-electron chi connectivity index (χ0n) is 7.92. The zero-order chi connectivity index (χ0) is 10.6. The molecular weight excluding hydrogens is 246 g/mol. The van der Waals surface area contributed by atoms with Gasteiger partial charge in [-0.15, -0.1) is 0 Å². The first-order valence-electron chi connectivity index (χ1n) is 4.33. The van der Waals surface area contributed by atoms with E-state index in [-0.39, 0.29) is 12.4 Å². The van der Waals surface area contributed by atoms with Crippen LogP contribution in [0.2, 0.25) is 0 Å². The molecule has 0 amide bonds. The summed E-state index contributed by atoms with van der Waals surface area (Å²) in [7, 11) is 0. The molecule has 2 N–H and O–H groups in total. The highest BCUT2D eigenvalue weighted by molar-refractivity contribution is 9.10. The molecule has 0 aromatic heterocycles. The van der Waals surface area contributed by atoms with Crippen LogP contribution in [0.15, 0.2) is 22.7 Å². The highest BCUT2D eigenvalue weighted by Gasteiger charge is 2.07. The molecule has 0 fully saturated rings. The van der Waals surface area contributed by atoms with Crippen LogP contribution in [0.4, 0.5) is 5.69 Å². The lowest BCUT2D eigenvalue weighted by Crippen LogP contribution is -2.09. The second-order valence-electron chi connectivity index (χ2n) is 2.82. The Morgan fingerprint density at radius 3 is 2.93 bits per heavy atom. The summed E-state index contributed by atoms with van der Waals surface area (Å²) in [6.45, 7) is 2.18. The van der Waals surface area contributed by atoms with E-state index in [1.54, 1.807) is 13.0 Å². The van der Waals surface area contributed by atoms with Gasteiger partial charge in [0.05, 0.1) is 13.0 Å². The number of hydrogen-bond donors (Lipinski definition) is 1. The molecule has 0 aliphatic carbocycles. The Morgan fingerprint density at radius 2 is 2.29 bits per heavy atom. The third-order valence-electron chi connectivity index (χ3n) is 1.75. The molecule has 1 aromatic rings. The monoisotopic (exact) mass is 257 g/mol. The quantitative estimate of drug-likeness (QED) is 0.667. The number of hydrogen-bond acceptors (Lipinski definition) is 3. The van der Waals surface area contributed by atoms with Crippen LogP contribution in [-0.4, -0.2) is 12.6 Å². The van der Waals surface area contributed by atoms with Crippen LogP contribution in [0, 0.1) is 0 Å². The minimum atomic E-state index is -0.252. The molecule has 0 radical (unpaired) electrons. The van der Waals surface area contributed by atoms with Gasteiger partial charge >= 0.3 is 5.97 Å². The molecular formula is C10H12BrNO2. The van der Waals surface area contributed by atoms with E-state index in [0.717, 1.165) is 10.0 Å². The standard InChI is InChI=1S/C10H12BrNO2/c1-2-14-10(13)6-7-5-8(11)3-4-9(7)12/h3-5H,2,6,12H2,1H3. The Kier molecular flexibility index (Phi) is 3.95. The average Bonchev–Trinajstić information content (AvgIpc) is 2.12. The number of carbonyl (C=O) groups excluding carboxylic acids is 1. The molecule has 0 spiro atoms. The number of carbonyl (C=O) groups is 1. The lowest BCUT2D eigenvalue weighted by atomic mass is 10.1. The first kappa shape index (κ1) is 11.0. The number of anilines is 1. The maximum Gasteiger partial charge on any atom is 0.310 e. The van der Waals surface area contributed by atoms with Gasteiger partial charge in [-0.3, -0.25) is 4.79 Å². The van der Waals surface area contributed by atoms with E-state index >= 15 is 0 Å². The molecule has 4 heteroatoms. The third kappa shape index (κ3) is 3.03. The van der Waals surface area contributed by atoms with Gasteiger partial charge in [0.2, 0.25) is 0 Å². The van der Waals surface area contributed by atoms with Gasteiger partial charge in [0.1, 0.15) is 0 Å². The minimum absolute atomic E-state index is 0.221. The maximum atomic E-state index is 11.2. The van der Waals surface area contributed by atoms with Crippen LogP contribution in [0.3, 0.4) is 0 Å². The van der Waals surface area contributed by atoms with Crippen LogP contribution in [0.25, 0.3) is 0 Å². The fourth-order valence-electron chi connectivity index (χ4n) is 1.09. The summed E-state index contributed by atoms with van der Waals surface area (Å²) in [5.41, 5.74) is 7.11. The van der Waals surface area contributed by atoms with Crippen LogP contribution in [-0.2, 0) is 16.0 Å². The highest BCUT2D eigenvalue weighted by atomic mass is 79.9. The van der Waals surface area contributed by atoms with E-state index in [1.165, 1.54) is 0 Å². The smallest absolute Gasteiger partial charge is 0.310 e. The van der Waals surface area contributed by atoms with Gasteiger partial charge in [0.25, 0.3) is 0 Å². The van der Waals surface area contributed by atoms with Crippen molar-refractivity contribution in [3.63, 3.8) is 0 Å². The predicted octanol–water partition coefficient (Wildman–Crippen LogP) is 2.14. The molecule has 1 rings (SSSR count). The summed E-state index contributed by atoms with van der Waals surface area (Å²) in [6, 6.07) is 5.43. The molecule has 0 saturated carbocycles. The van der Waals surface area contributed by atoms with Gasteiger partial charge in [-0.2, -0.15) is 0 Å². The minimum Gasteiger partial charge on any atom is -0.466 e. The summed E-state index contributed by atoms with van der Waals surface area (Å²) in [5.74, 6) is -0.252. The summed E-state index contributed by atoms with van der Waals surface area (Å²) in [5, 5.41) is 0. The van der Waals surface area contributed by atoms with Gasteiger partial charge in [0, 0.05) is 10.2 Å². The molecule has 14 heavy (non-hydrogen) atoms. The Balaban J connectivity index is 2.75. The Bertz CT molecular complexity index is 339. The molecule has 0 aliphatic rings. The summed E-state index contributed by atoms with van der Waals surface area (Å²) in [6.07, 6.45) is 0.221. The second-order valence-corrected chi connectivity index (χ2v) is 3.74. The van der Waals surface area contributed by atoms with Crippen LogP contribution < -0.4 is 5.73 Å². The molecule has 0 saturated heterocycles. The molecule has 3 nitrogen and oxygen atoms in total. The Hall–Kier alpha value is -1.03. The largest absolute Gasteiger partial charge is 0.466 e. The number of nitrogens with two attached hydrogens (primary N) is 1. The lowest BCUT2D eigenvalue weighted by Gasteiger charge is -2.05. The van der Waals surface area contributed by atoms with Crippen molar-refractivity contribution in [2.24, 2.45) is 0 Å². The van der Waals surface area contributed by atoms with Crippen LogP contribution >= 0.6 is 15.9 Å². The molecule has 76 valence electrons. The fourth-order valence-corrected chi connectivity index (χ4v) is 1.50. The van der Waals surface area contributed by atoms with E-state index in [1.807, 2.05) is 12.1 Å². The molecule has 0 bridgehead atoms. The SMILES string of the molecule is CCOC(=O)Cc1cc(Br)ccc1N. The fraction of sp³-hybridized carbons (Fsp3) is 0.300. The first-order valence-corrected chi connectivity index (χ1v) is 5.12. The van der Waals surface area contributed by atoms with E-state index < -0.39 is 0 Å². The topological polar surface area (TPSA) is 52.3 Å². The summed E-state index contributed by atoms with van der Waals surface area (Å²) in [4.78, 5) is 11.2. The van der Waals surface area contributed by atoms with Gasteiger partial charge < -0.3 is 10.5 Å². The van der Waals surface area contributed by atoms with Crippen molar-refractivity contribution in [1.29, 1.82) is 0 Å². The normalized spacial score (nSPS) is 9.86. The van der Waals surface area contributed by atoms with Crippen LogP contribution in [0.1, 0.15) is 12.5 Å². The Morgan fingerprint density at radius 1 is 1.57 bits per heavy atom. The zero-order valence-corrected chi connectivity index (χ0v) is 9.50. The van der Waals surface area contributed by atoms with Crippen molar-refractivity contribution >= 4 is 27.6 Å². The van der Waals surface area contributed by atoms with Crippen LogP contribution in [0.5, 0.6) is 0 Å². The van der Waals surface area contributed by atoms with Crippen molar-refractivity contribution in [2.45, 2.75) is 13.3 Å². The molecule has 1 aromatic carbocycles. The van der Waals surface area contributed by atoms with Crippen molar-refractivity contribution < 1.29 is 9.53 Å². The van der Waals surface area contributed by atoms with E-state index in [9.17, 15) is 4.79 Å². The number of halogens is 1. The van der Waals surface area contributed by atoms with E-state index in [2.05, 4.69) is 15.9 Å². The Labute approximate surface area is 91.4 Å². The number of benzene rings is 1. The molecule has 0 atom stereocenters. The van der Waals surface area contributed by atoms with E-state index in [4.69, 9.17) is 10.5 Å². The number of nitrogen functional groups attached to an aromatic ring is 1. The number of esters is 1. The van der Waals surface area contributed by atoms with Crippen molar-refractivity contribution in [1.82, 2.24) is 0 Å². The highest BCUT2D eigenvalue weighted by Crippen LogP contribution is 2.19. The number of ether oxygens (including phenoxy) is 1. The van der Waals surface area contributed by atoms with Crippen molar-refractivity contribution in [3.05, 3.63) is 28.2 Å². The van der Waals surface area contributed by atoms with Crippen molar-refractivity contribution in [3.8, 4) is 0 Å². The van der Waals surface area contributed by atoms with Gasteiger partial charge in [-0.05, 0) is 30.7 Å². The predicted molar refractivity (Wildman–Crippen MR) is 58.9 cm³/mol.